The molecule has 4 nitrogen and oxygen atoms in total. The standard InChI is InChI=1S/C12H20N4/c1-5-14(6-2)16-10(4)9(3)15-8-11(13)7-12(15)16/h7-8H,5-6,13H2,1-4H3. The number of nitrogens with two attached hydrogens (primary N) is 1. The zero-order valence-electron chi connectivity index (χ0n) is 10.5. The van der Waals surface area contributed by atoms with Gasteiger partial charge in [-0.25, -0.2) is 4.68 Å². The molecule has 4 heteroatoms. The van der Waals surface area contributed by atoms with Crippen LogP contribution >= 0.6 is 0 Å². The average molecular weight is 220 g/mol. The molecule has 2 aromatic heterocycles. The number of hydrogen-bond donors (Lipinski definition) is 1. The van der Waals surface area contributed by atoms with E-state index in [9.17, 15) is 0 Å². The van der Waals surface area contributed by atoms with Gasteiger partial charge in [0.15, 0.2) is 0 Å². The van der Waals surface area contributed by atoms with Gasteiger partial charge in [-0.1, -0.05) is 0 Å². The summed E-state index contributed by atoms with van der Waals surface area (Å²) in [5.41, 5.74) is 10.3. The number of anilines is 1. The minimum atomic E-state index is 0.819. The molecule has 0 aliphatic rings. The normalized spacial score (nSPS) is 11.2. The van der Waals surface area contributed by atoms with Crippen LogP contribution in [0, 0.1) is 13.8 Å². The second kappa shape index (κ2) is 3.77. The highest BCUT2D eigenvalue weighted by atomic mass is 15.6. The highest BCUT2D eigenvalue weighted by molar-refractivity contribution is 5.58. The number of nitrogens with zero attached hydrogens (tertiary/aromatic N) is 3. The number of aromatic nitrogens is 2. The molecule has 88 valence electrons. The summed E-state index contributed by atoms with van der Waals surface area (Å²) in [6.45, 7) is 10.6. The van der Waals surface area contributed by atoms with Crippen molar-refractivity contribution in [1.82, 2.24) is 9.08 Å². The van der Waals surface area contributed by atoms with Crippen molar-refractivity contribution in [2.75, 3.05) is 23.8 Å². The Bertz CT molecular complexity index is 503. The van der Waals surface area contributed by atoms with Crippen LogP contribution < -0.4 is 10.7 Å². The molecule has 0 saturated carbocycles. The maximum atomic E-state index is 5.85. The Morgan fingerprint density at radius 3 is 2.38 bits per heavy atom. The fourth-order valence-corrected chi connectivity index (χ4v) is 2.27. The van der Waals surface area contributed by atoms with E-state index < -0.39 is 0 Å². The highest BCUT2D eigenvalue weighted by Gasteiger charge is 2.14. The first-order valence-corrected chi connectivity index (χ1v) is 5.80. The Labute approximate surface area is 96.2 Å². The van der Waals surface area contributed by atoms with Gasteiger partial charge in [-0.15, -0.1) is 0 Å². The first-order valence-electron chi connectivity index (χ1n) is 5.80. The predicted molar refractivity (Wildman–Crippen MR) is 68.6 cm³/mol. The van der Waals surface area contributed by atoms with Crippen molar-refractivity contribution >= 4 is 11.3 Å². The number of fused-ring (bicyclic) bond motifs is 1. The molecule has 0 saturated heterocycles. The summed E-state index contributed by atoms with van der Waals surface area (Å²) < 4.78 is 4.41. The molecule has 0 radical (unpaired) electrons. The summed E-state index contributed by atoms with van der Waals surface area (Å²) in [5, 5.41) is 2.30. The lowest BCUT2D eigenvalue weighted by molar-refractivity contribution is 0.623. The van der Waals surface area contributed by atoms with Crippen LogP contribution in [0.3, 0.4) is 0 Å². The van der Waals surface area contributed by atoms with Gasteiger partial charge < -0.3 is 15.1 Å². The van der Waals surface area contributed by atoms with Crippen LogP contribution in [-0.2, 0) is 0 Å². The zero-order chi connectivity index (χ0) is 11.9. The number of rotatable bonds is 3. The molecule has 0 unspecified atom stereocenters. The van der Waals surface area contributed by atoms with Crippen molar-refractivity contribution in [3.63, 3.8) is 0 Å². The number of imidazole rings is 1. The van der Waals surface area contributed by atoms with Gasteiger partial charge >= 0.3 is 0 Å². The van der Waals surface area contributed by atoms with E-state index in [1.807, 2.05) is 12.3 Å². The lowest BCUT2D eigenvalue weighted by Gasteiger charge is -2.24. The van der Waals surface area contributed by atoms with E-state index in [1.165, 1.54) is 11.4 Å². The molecule has 0 aliphatic heterocycles. The van der Waals surface area contributed by atoms with E-state index in [2.05, 4.69) is 41.8 Å². The van der Waals surface area contributed by atoms with Crippen molar-refractivity contribution in [2.45, 2.75) is 27.7 Å². The topological polar surface area (TPSA) is 38.6 Å². The molecule has 2 N–H and O–H groups in total. The molecule has 0 amide bonds. The summed E-state index contributed by atoms with van der Waals surface area (Å²) in [4.78, 5) is 0. The summed E-state index contributed by atoms with van der Waals surface area (Å²) in [5.74, 6) is 0. The molecule has 0 spiro atoms. The van der Waals surface area contributed by atoms with E-state index in [1.54, 1.807) is 0 Å². The monoisotopic (exact) mass is 220 g/mol. The summed E-state index contributed by atoms with van der Waals surface area (Å²) in [7, 11) is 0. The molecule has 0 atom stereocenters. The average Bonchev–Trinajstić information content (AvgIpc) is 2.73. The van der Waals surface area contributed by atoms with Crippen LogP contribution in [0.15, 0.2) is 12.3 Å². The Morgan fingerprint density at radius 2 is 1.81 bits per heavy atom. The number of hydrogen-bond acceptors (Lipinski definition) is 2. The predicted octanol–water partition coefficient (Wildman–Crippen LogP) is 1.92. The van der Waals surface area contributed by atoms with Gasteiger partial charge in [0.25, 0.3) is 0 Å². The molecule has 2 rings (SSSR count). The number of nitrogen functional groups attached to an aromatic ring is 1. The Morgan fingerprint density at radius 1 is 1.19 bits per heavy atom. The third-order valence-electron chi connectivity index (χ3n) is 3.25. The largest absolute Gasteiger partial charge is 0.397 e. The van der Waals surface area contributed by atoms with E-state index in [-0.39, 0.29) is 0 Å². The van der Waals surface area contributed by atoms with Crippen molar-refractivity contribution in [2.24, 2.45) is 0 Å². The smallest absolute Gasteiger partial charge is 0.138 e. The quantitative estimate of drug-likeness (QED) is 0.858. The van der Waals surface area contributed by atoms with E-state index in [0.29, 0.717) is 0 Å². The molecular weight excluding hydrogens is 200 g/mol. The Kier molecular flexibility index (Phi) is 2.58. The highest BCUT2D eigenvalue weighted by Crippen LogP contribution is 2.20. The summed E-state index contributed by atoms with van der Waals surface area (Å²) in [6, 6.07) is 2.03. The molecular formula is C12H20N4. The maximum Gasteiger partial charge on any atom is 0.138 e. The van der Waals surface area contributed by atoms with E-state index in [0.717, 1.165) is 24.4 Å². The second-order valence-electron chi connectivity index (χ2n) is 4.12. The summed E-state index contributed by atoms with van der Waals surface area (Å²) in [6.07, 6.45) is 1.98. The van der Waals surface area contributed by atoms with Gasteiger partial charge in [0.2, 0.25) is 0 Å². The molecule has 0 fully saturated rings. The Hall–Kier alpha value is -1.58. The van der Waals surface area contributed by atoms with Crippen LogP contribution in [0.25, 0.3) is 5.65 Å². The van der Waals surface area contributed by atoms with Gasteiger partial charge in [0.1, 0.15) is 5.65 Å². The lowest BCUT2D eigenvalue weighted by Crippen LogP contribution is -2.34. The molecule has 2 aromatic rings. The van der Waals surface area contributed by atoms with Crippen LogP contribution in [0.1, 0.15) is 25.2 Å². The third kappa shape index (κ3) is 1.37. The number of aryl methyl sites for hydroxylation is 1. The van der Waals surface area contributed by atoms with Crippen LogP contribution in [-0.4, -0.2) is 22.2 Å². The summed E-state index contributed by atoms with van der Waals surface area (Å²) >= 11 is 0. The van der Waals surface area contributed by atoms with Crippen molar-refractivity contribution in [3.05, 3.63) is 23.7 Å². The van der Waals surface area contributed by atoms with Gasteiger partial charge in [-0.2, -0.15) is 0 Å². The Balaban J connectivity index is 2.70. The molecule has 16 heavy (non-hydrogen) atoms. The fourth-order valence-electron chi connectivity index (χ4n) is 2.27. The van der Waals surface area contributed by atoms with Crippen molar-refractivity contribution in [3.8, 4) is 0 Å². The third-order valence-corrected chi connectivity index (χ3v) is 3.25. The minimum absolute atomic E-state index is 0.819. The molecule has 0 bridgehead atoms. The first-order chi connectivity index (χ1) is 7.60. The first kappa shape index (κ1) is 10.9. The van der Waals surface area contributed by atoms with Crippen molar-refractivity contribution < 1.29 is 0 Å². The van der Waals surface area contributed by atoms with Crippen molar-refractivity contribution in [1.29, 1.82) is 0 Å². The minimum Gasteiger partial charge on any atom is -0.397 e. The van der Waals surface area contributed by atoms with Gasteiger partial charge in [-0.05, 0) is 27.7 Å². The molecule has 2 heterocycles. The van der Waals surface area contributed by atoms with Gasteiger partial charge in [0, 0.05) is 31.0 Å². The van der Waals surface area contributed by atoms with Crippen LogP contribution in [0.2, 0.25) is 0 Å². The fraction of sp³-hybridized carbons (Fsp3) is 0.500. The molecule has 0 aromatic carbocycles. The second-order valence-corrected chi connectivity index (χ2v) is 4.12. The van der Waals surface area contributed by atoms with E-state index >= 15 is 0 Å². The van der Waals surface area contributed by atoms with E-state index in [4.69, 9.17) is 5.73 Å². The van der Waals surface area contributed by atoms with Crippen LogP contribution in [0.5, 0.6) is 0 Å². The SMILES string of the molecule is CCN(CC)n1c(C)c(C)n2cc(N)cc12. The molecule has 0 aliphatic carbocycles. The maximum absolute atomic E-state index is 5.85. The van der Waals surface area contributed by atoms with Crippen LogP contribution in [0.4, 0.5) is 5.69 Å². The lowest BCUT2D eigenvalue weighted by atomic mass is 10.4. The van der Waals surface area contributed by atoms with Gasteiger partial charge in [-0.3, -0.25) is 0 Å². The zero-order valence-corrected chi connectivity index (χ0v) is 10.5. The van der Waals surface area contributed by atoms with Gasteiger partial charge in [0.05, 0.1) is 11.4 Å².